The van der Waals surface area contributed by atoms with Crippen molar-refractivity contribution in [3.05, 3.63) is 24.3 Å². The van der Waals surface area contributed by atoms with Crippen molar-refractivity contribution in [2.75, 3.05) is 16.8 Å². The van der Waals surface area contributed by atoms with Crippen molar-refractivity contribution < 1.29 is 71.2 Å². The minimum Gasteiger partial charge on any atom is 1.00 e. The van der Waals surface area contributed by atoms with Gasteiger partial charge >= 0.3 is 210 Å². The summed E-state index contributed by atoms with van der Waals surface area (Å²) in [5.74, 6) is -2.27. The van der Waals surface area contributed by atoms with E-state index in [-0.39, 0.29) is 69.2 Å². The number of carbonyl (C=O) groups excluding carboxylic acids is 1. The van der Waals surface area contributed by atoms with E-state index in [1.165, 1.54) is 20.0 Å². The Morgan fingerprint density at radius 1 is 1.07 bits per heavy atom. The molecule has 1 aromatic heterocycles. The number of nitrogens with one attached hydrogen (secondary N) is 1. The maximum absolute atomic E-state index is 11.3. The van der Waals surface area contributed by atoms with Gasteiger partial charge in [-0.05, 0) is 0 Å². The number of aliphatic carboxylic acids is 2. The number of nitrogens with two attached hydrogens (primary N) is 2. The van der Waals surface area contributed by atoms with Gasteiger partial charge in [0.1, 0.15) is 0 Å². The van der Waals surface area contributed by atoms with Crippen molar-refractivity contribution in [1.29, 1.82) is 0 Å². The van der Waals surface area contributed by atoms with Gasteiger partial charge in [0.25, 0.3) is 0 Å². The van der Waals surface area contributed by atoms with Crippen LogP contribution in [0.3, 0.4) is 0 Å². The minimum atomic E-state index is -1.94. The van der Waals surface area contributed by atoms with E-state index in [1.54, 1.807) is 12.1 Å². The zero-order valence-corrected chi connectivity index (χ0v) is 20.5. The third-order valence-corrected chi connectivity index (χ3v) is 16.8. The van der Waals surface area contributed by atoms with Crippen LogP contribution in [0.2, 0.25) is 0 Å². The van der Waals surface area contributed by atoms with E-state index in [0.717, 1.165) is 4.35 Å². The summed E-state index contributed by atoms with van der Waals surface area (Å²) < 4.78 is 0.933. The van der Waals surface area contributed by atoms with Gasteiger partial charge in [-0.2, -0.15) is 0 Å². The molecular formula is C13H12AsKN6O4S2. The number of rotatable bonds is 5. The van der Waals surface area contributed by atoms with E-state index in [4.69, 9.17) is 11.5 Å². The number of aromatic nitrogens is 3. The Labute approximate surface area is 207 Å². The molecule has 3 atom stereocenters. The third kappa shape index (κ3) is 5.73. The fourth-order valence-corrected chi connectivity index (χ4v) is 17.6. The SMILES string of the molecule is Nc1nc(N)nc(Nc2ccc([As]3SC(C(=O)[O-])C(C(=O)O)S3)cc2)n1.[K+]. The zero-order valence-electron chi connectivity index (χ0n) is 13.9. The molecule has 2 aromatic rings. The fourth-order valence-electron chi connectivity index (χ4n) is 2.07. The first-order chi connectivity index (χ1) is 12.3. The normalized spacial score (nSPS) is 21.3. The van der Waals surface area contributed by atoms with Gasteiger partial charge in [-0.3, -0.25) is 0 Å². The number of anilines is 4. The molecule has 2 heterocycles. The molecule has 6 N–H and O–H groups in total. The van der Waals surface area contributed by atoms with E-state index in [0.29, 0.717) is 5.69 Å². The summed E-state index contributed by atoms with van der Waals surface area (Å²) in [5.41, 5.74) is 11.7. The summed E-state index contributed by atoms with van der Waals surface area (Å²) in [4.78, 5) is 33.9. The van der Waals surface area contributed by atoms with Crippen LogP contribution in [0, 0.1) is 0 Å². The first kappa shape index (κ1) is 22.8. The predicted octanol–water partition coefficient (Wildman–Crippen LogP) is -4.47. The number of hydrogen-bond donors (Lipinski definition) is 4. The number of nitrogen functional groups attached to an aromatic ring is 2. The third-order valence-electron chi connectivity index (χ3n) is 3.17. The molecule has 1 aliphatic heterocycles. The Morgan fingerprint density at radius 3 is 2.11 bits per heavy atom. The van der Waals surface area contributed by atoms with Gasteiger partial charge < -0.3 is 0 Å². The number of benzene rings is 1. The average Bonchev–Trinajstić information content (AvgIpc) is 3.00. The Kier molecular flexibility index (Phi) is 8.25. The van der Waals surface area contributed by atoms with Crippen molar-refractivity contribution in [3.63, 3.8) is 0 Å². The summed E-state index contributed by atoms with van der Waals surface area (Å²) in [5, 5.41) is 21.3. The minimum absolute atomic E-state index is 0. The van der Waals surface area contributed by atoms with Gasteiger partial charge in [0, 0.05) is 0 Å². The second-order valence-corrected chi connectivity index (χ2v) is 16.3. The molecule has 1 aliphatic rings. The summed E-state index contributed by atoms with van der Waals surface area (Å²) in [6.07, 6.45) is 0. The molecule has 0 saturated carbocycles. The Hall–Kier alpha value is -0.535. The van der Waals surface area contributed by atoms with Crippen LogP contribution < -0.4 is 77.6 Å². The molecule has 136 valence electrons. The van der Waals surface area contributed by atoms with Gasteiger partial charge in [0.05, 0.1) is 0 Å². The summed E-state index contributed by atoms with van der Waals surface area (Å²) >= 11 is -1.94. The quantitative estimate of drug-likeness (QED) is 0.293. The summed E-state index contributed by atoms with van der Waals surface area (Å²) in [7, 11) is 2.43. The Balaban J connectivity index is 0.00000261. The Bertz CT molecular complexity index is 819. The van der Waals surface area contributed by atoms with Crippen molar-refractivity contribution >= 4 is 72.2 Å². The summed E-state index contributed by atoms with van der Waals surface area (Å²) in [6.45, 7) is 0. The molecular weight excluding hydrogens is 482 g/mol. The molecule has 0 radical (unpaired) electrons. The molecule has 0 amide bonds. The molecule has 1 saturated heterocycles. The van der Waals surface area contributed by atoms with Gasteiger partial charge in [0.2, 0.25) is 0 Å². The molecule has 0 bridgehead atoms. The second-order valence-electron chi connectivity index (χ2n) is 5.01. The number of carboxylic acid groups (broad SMARTS) is 2. The number of nitrogens with zero attached hydrogens (tertiary/aromatic N) is 3. The first-order valence-electron chi connectivity index (χ1n) is 7.05. The van der Waals surface area contributed by atoms with Crippen LogP contribution in [0.1, 0.15) is 0 Å². The number of carboxylic acids is 2. The molecule has 1 fully saturated rings. The van der Waals surface area contributed by atoms with Gasteiger partial charge in [0.15, 0.2) is 0 Å². The van der Waals surface area contributed by atoms with Crippen LogP contribution in [-0.2, 0) is 9.59 Å². The molecule has 1 aromatic carbocycles. The van der Waals surface area contributed by atoms with Gasteiger partial charge in [-0.15, -0.1) is 0 Å². The van der Waals surface area contributed by atoms with E-state index in [9.17, 15) is 19.8 Å². The van der Waals surface area contributed by atoms with Crippen LogP contribution in [0.4, 0.5) is 23.5 Å². The second kappa shape index (κ2) is 9.79. The molecule has 0 aliphatic carbocycles. The molecule has 3 unspecified atom stereocenters. The average molecular weight is 494 g/mol. The van der Waals surface area contributed by atoms with Crippen LogP contribution in [0.5, 0.6) is 0 Å². The van der Waals surface area contributed by atoms with Crippen LogP contribution >= 0.6 is 20.0 Å². The number of hydrogen-bond acceptors (Lipinski definition) is 11. The Morgan fingerprint density at radius 2 is 1.63 bits per heavy atom. The van der Waals surface area contributed by atoms with Crippen LogP contribution in [0.15, 0.2) is 24.3 Å². The van der Waals surface area contributed by atoms with Crippen molar-refractivity contribution in [2.24, 2.45) is 0 Å². The maximum Gasteiger partial charge on any atom is 1.00 e. The van der Waals surface area contributed by atoms with E-state index in [2.05, 4.69) is 20.3 Å². The molecule has 0 spiro atoms. The van der Waals surface area contributed by atoms with E-state index >= 15 is 0 Å². The van der Waals surface area contributed by atoms with E-state index in [1.807, 2.05) is 12.1 Å². The van der Waals surface area contributed by atoms with Crippen molar-refractivity contribution in [3.8, 4) is 0 Å². The standard InChI is InChI=1S/C13H13AsN6O4S2.K/c15-11-18-12(16)20-13(19-11)17-6-3-1-5(2-4-6)14-25-7(9(21)22)8(26-14)10(23)24;/h1-4,7-8H,(H,21,22)(H,23,24)(H5,15,16,17,18,19,20);/q;+1/p-1. The molecule has 10 nitrogen and oxygen atoms in total. The predicted molar refractivity (Wildman–Crippen MR) is 99.2 cm³/mol. The monoisotopic (exact) mass is 494 g/mol. The van der Waals surface area contributed by atoms with Crippen LogP contribution in [0.25, 0.3) is 0 Å². The summed E-state index contributed by atoms with van der Waals surface area (Å²) in [6, 6.07) is 7.19. The van der Waals surface area contributed by atoms with Gasteiger partial charge in [-0.1, -0.05) is 0 Å². The number of carbonyl (C=O) groups is 2. The van der Waals surface area contributed by atoms with Crippen LogP contribution in [-0.4, -0.2) is 54.8 Å². The zero-order chi connectivity index (χ0) is 18.8. The molecule has 14 heteroatoms. The smallest absolute Gasteiger partial charge is 1.00 e. The molecule has 27 heavy (non-hydrogen) atoms. The maximum atomic E-state index is 11.3. The first-order valence-corrected chi connectivity index (χ1v) is 14.3. The van der Waals surface area contributed by atoms with E-state index < -0.39 is 34.8 Å². The van der Waals surface area contributed by atoms with Crippen molar-refractivity contribution in [2.45, 2.75) is 10.5 Å². The van der Waals surface area contributed by atoms with Gasteiger partial charge in [-0.25, -0.2) is 0 Å². The molecule has 3 rings (SSSR count). The van der Waals surface area contributed by atoms with Crippen molar-refractivity contribution in [1.82, 2.24) is 15.0 Å². The largest absolute Gasteiger partial charge is 1.00 e. The fraction of sp³-hybridized carbons (Fsp3) is 0.154. The topological polar surface area (TPSA) is 180 Å².